The number of carbonyl (C=O) groups is 2. The quantitative estimate of drug-likeness (QED) is 0.651. The van der Waals surface area contributed by atoms with E-state index < -0.39 is 23.8 Å². The maximum absolute atomic E-state index is 13.0. The van der Waals surface area contributed by atoms with Crippen molar-refractivity contribution in [3.63, 3.8) is 0 Å². The molecule has 32 heavy (non-hydrogen) atoms. The van der Waals surface area contributed by atoms with Gasteiger partial charge in [-0.15, -0.1) is 0 Å². The molecule has 1 aromatic carbocycles. The van der Waals surface area contributed by atoms with Crippen molar-refractivity contribution in [1.82, 2.24) is 15.1 Å². The highest BCUT2D eigenvalue weighted by Gasteiger charge is 2.39. The first-order chi connectivity index (χ1) is 15.2. The average Bonchev–Trinajstić information content (AvgIpc) is 2.74. The molecule has 1 aromatic rings. The van der Waals surface area contributed by atoms with Gasteiger partial charge < -0.3 is 10.1 Å². The second-order valence-corrected chi connectivity index (χ2v) is 8.29. The lowest BCUT2D eigenvalue weighted by atomic mass is 9.92. The van der Waals surface area contributed by atoms with Crippen molar-refractivity contribution in [2.24, 2.45) is 5.92 Å². The van der Waals surface area contributed by atoms with Gasteiger partial charge in [-0.3, -0.25) is 9.80 Å². The van der Waals surface area contributed by atoms with Gasteiger partial charge >= 0.3 is 18.2 Å². The zero-order valence-electron chi connectivity index (χ0n) is 18.7. The summed E-state index contributed by atoms with van der Waals surface area (Å²) in [4.78, 5) is 29.6. The average molecular weight is 454 g/mol. The van der Waals surface area contributed by atoms with Gasteiger partial charge in [-0.1, -0.05) is 19.1 Å². The smallest absolute Gasteiger partial charge is 0.416 e. The van der Waals surface area contributed by atoms with Crippen LogP contribution in [0.15, 0.2) is 35.5 Å². The molecule has 9 heteroatoms. The standard InChI is InChI=1S/C23H30F3N3O3/c1-4-29-18(14-28-12-10-15(3)11-13-28)19(21(30)32-5-2)20(27-22(29)31)16-6-8-17(9-7-16)23(24,25)26/h6-9,15,20H,4-5,10-14H2,1-3H3,(H,27,31). The van der Waals surface area contributed by atoms with Crippen molar-refractivity contribution in [2.45, 2.75) is 45.8 Å². The monoisotopic (exact) mass is 453 g/mol. The maximum atomic E-state index is 13.0. The summed E-state index contributed by atoms with van der Waals surface area (Å²) in [5.74, 6) is 0.0535. The van der Waals surface area contributed by atoms with Crippen LogP contribution in [0, 0.1) is 5.92 Å². The van der Waals surface area contributed by atoms with E-state index in [4.69, 9.17) is 4.74 Å². The molecular formula is C23H30F3N3O3. The highest BCUT2D eigenvalue weighted by Crippen LogP contribution is 2.35. The molecule has 1 unspecified atom stereocenters. The summed E-state index contributed by atoms with van der Waals surface area (Å²) in [5.41, 5.74) is 0.429. The number of carbonyl (C=O) groups excluding carboxylic acids is 2. The Hall–Kier alpha value is -2.55. The van der Waals surface area contributed by atoms with E-state index in [2.05, 4.69) is 17.1 Å². The van der Waals surface area contributed by atoms with Crippen molar-refractivity contribution in [1.29, 1.82) is 0 Å². The first-order valence-electron chi connectivity index (χ1n) is 11.0. The minimum absolute atomic E-state index is 0.149. The normalized spacial score (nSPS) is 21.0. The van der Waals surface area contributed by atoms with Crippen LogP contribution in [0.25, 0.3) is 0 Å². The van der Waals surface area contributed by atoms with E-state index in [1.165, 1.54) is 17.0 Å². The first-order valence-corrected chi connectivity index (χ1v) is 11.0. The molecule has 3 rings (SSSR count). The molecule has 2 aliphatic rings. The Kier molecular flexibility index (Phi) is 7.48. The second kappa shape index (κ2) is 9.94. The molecule has 6 nitrogen and oxygen atoms in total. The number of alkyl halides is 3. The first kappa shape index (κ1) is 24.1. The van der Waals surface area contributed by atoms with Crippen molar-refractivity contribution < 1.29 is 27.5 Å². The number of piperidine rings is 1. The molecule has 1 fully saturated rings. The van der Waals surface area contributed by atoms with Crippen LogP contribution in [0.1, 0.15) is 50.8 Å². The molecule has 2 heterocycles. The zero-order valence-corrected chi connectivity index (χ0v) is 18.7. The number of benzene rings is 1. The van der Waals surface area contributed by atoms with E-state index >= 15 is 0 Å². The number of likely N-dealkylation sites (tertiary alicyclic amines) is 1. The minimum atomic E-state index is -4.47. The molecule has 0 bridgehead atoms. The number of esters is 1. The zero-order chi connectivity index (χ0) is 23.5. The number of likely N-dealkylation sites (N-methyl/N-ethyl adjacent to an activating group) is 1. The van der Waals surface area contributed by atoms with E-state index in [1.807, 2.05) is 6.92 Å². The van der Waals surface area contributed by atoms with Gasteiger partial charge in [0.25, 0.3) is 0 Å². The lowest BCUT2D eigenvalue weighted by Crippen LogP contribution is -2.51. The Morgan fingerprint density at radius 3 is 2.31 bits per heavy atom. The summed E-state index contributed by atoms with van der Waals surface area (Å²) in [7, 11) is 0. The Morgan fingerprint density at radius 2 is 1.78 bits per heavy atom. The molecule has 176 valence electrons. The van der Waals surface area contributed by atoms with Gasteiger partial charge in [-0.05, 0) is 63.4 Å². The molecule has 0 aromatic heterocycles. The largest absolute Gasteiger partial charge is 0.463 e. The van der Waals surface area contributed by atoms with Gasteiger partial charge in [0.05, 0.1) is 23.8 Å². The fraction of sp³-hybridized carbons (Fsp3) is 0.565. The number of hydrogen-bond acceptors (Lipinski definition) is 4. The Bertz CT molecular complexity index is 859. The fourth-order valence-electron chi connectivity index (χ4n) is 4.20. The van der Waals surface area contributed by atoms with Crippen molar-refractivity contribution in [3.8, 4) is 0 Å². The van der Waals surface area contributed by atoms with Crippen LogP contribution in [-0.4, -0.2) is 54.6 Å². The van der Waals surface area contributed by atoms with Gasteiger partial charge in [0.1, 0.15) is 0 Å². The number of rotatable bonds is 6. The third-order valence-corrected chi connectivity index (χ3v) is 6.07. The maximum Gasteiger partial charge on any atom is 0.416 e. The Morgan fingerprint density at radius 1 is 1.16 bits per heavy atom. The minimum Gasteiger partial charge on any atom is -0.463 e. The predicted molar refractivity (Wildman–Crippen MR) is 114 cm³/mol. The molecule has 2 aliphatic heterocycles. The van der Waals surface area contributed by atoms with Gasteiger partial charge in [-0.2, -0.15) is 13.2 Å². The lowest BCUT2D eigenvalue weighted by Gasteiger charge is -2.39. The summed E-state index contributed by atoms with van der Waals surface area (Å²) in [6.45, 7) is 8.32. The highest BCUT2D eigenvalue weighted by atomic mass is 19.4. The van der Waals surface area contributed by atoms with E-state index in [9.17, 15) is 22.8 Å². The molecule has 0 spiro atoms. The molecular weight excluding hydrogens is 423 g/mol. The molecule has 1 atom stereocenters. The molecule has 1 N–H and O–H groups in total. The van der Waals surface area contributed by atoms with E-state index in [1.54, 1.807) is 6.92 Å². The third-order valence-electron chi connectivity index (χ3n) is 6.07. The molecule has 1 saturated heterocycles. The van der Waals surface area contributed by atoms with Crippen LogP contribution in [0.2, 0.25) is 0 Å². The molecule has 2 amide bonds. The topological polar surface area (TPSA) is 61.9 Å². The number of nitrogens with zero attached hydrogens (tertiary/aromatic N) is 2. The van der Waals surface area contributed by atoms with E-state index in [0.717, 1.165) is 38.1 Å². The fourth-order valence-corrected chi connectivity index (χ4v) is 4.20. The highest BCUT2D eigenvalue weighted by molar-refractivity contribution is 5.95. The van der Waals surface area contributed by atoms with Crippen LogP contribution >= 0.6 is 0 Å². The summed E-state index contributed by atoms with van der Waals surface area (Å²) >= 11 is 0. The van der Waals surface area contributed by atoms with Gasteiger partial charge in [0, 0.05) is 18.8 Å². The number of urea groups is 1. The number of amides is 2. The number of halogens is 3. The Labute approximate surface area is 186 Å². The van der Waals surface area contributed by atoms with Gasteiger partial charge in [0.15, 0.2) is 0 Å². The predicted octanol–water partition coefficient (Wildman–Crippen LogP) is 4.34. The second-order valence-electron chi connectivity index (χ2n) is 8.29. The SMILES string of the molecule is CCOC(=O)C1=C(CN2CCC(C)CC2)N(CC)C(=O)NC1c1ccc(C(F)(F)F)cc1. The number of hydrogen-bond donors (Lipinski definition) is 1. The lowest BCUT2D eigenvalue weighted by molar-refractivity contribution is -0.139. The van der Waals surface area contributed by atoms with Crippen molar-refractivity contribution in [3.05, 3.63) is 46.7 Å². The Balaban J connectivity index is 2.04. The molecule has 0 saturated carbocycles. The molecule has 0 aliphatic carbocycles. The van der Waals surface area contributed by atoms with Crippen molar-refractivity contribution in [2.75, 3.05) is 32.8 Å². The van der Waals surface area contributed by atoms with Gasteiger partial charge in [0.2, 0.25) is 0 Å². The summed E-state index contributed by atoms with van der Waals surface area (Å²) < 4.78 is 44.3. The summed E-state index contributed by atoms with van der Waals surface area (Å²) in [5, 5.41) is 2.78. The molecule has 0 radical (unpaired) electrons. The van der Waals surface area contributed by atoms with E-state index in [0.29, 0.717) is 30.3 Å². The number of ether oxygens (including phenoxy) is 1. The van der Waals surface area contributed by atoms with Crippen molar-refractivity contribution >= 4 is 12.0 Å². The summed E-state index contributed by atoms with van der Waals surface area (Å²) in [6.07, 6.45) is -2.41. The third kappa shape index (κ3) is 5.26. The van der Waals surface area contributed by atoms with E-state index in [-0.39, 0.29) is 18.2 Å². The van der Waals surface area contributed by atoms with Crippen LogP contribution in [0.5, 0.6) is 0 Å². The van der Waals surface area contributed by atoms with Crippen LogP contribution < -0.4 is 5.32 Å². The van der Waals surface area contributed by atoms with Crippen LogP contribution in [0.4, 0.5) is 18.0 Å². The van der Waals surface area contributed by atoms with Gasteiger partial charge in [-0.25, -0.2) is 9.59 Å². The summed E-state index contributed by atoms with van der Waals surface area (Å²) in [6, 6.07) is 3.25. The number of nitrogens with one attached hydrogen (secondary N) is 1. The van der Waals surface area contributed by atoms with Crippen LogP contribution in [0.3, 0.4) is 0 Å². The van der Waals surface area contributed by atoms with Crippen LogP contribution in [-0.2, 0) is 15.7 Å².